The molecule has 0 aliphatic carbocycles. The number of aryl methyl sites for hydroxylation is 1. The Morgan fingerprint density at radius 2 is 1.88 bits per heavy atom. The van der Waals surface area contributed by atoms with Gasteiger partial charge in [0.2, 0.25) is 10.0 Å². The van der Waals surface area contributed by atoms with Gasteiger partial charge in [-0.25, -0.2) is 13.1 Å². The molecule has 0 radical (unpaired) electrons. The number of benzene rings is 1. The molecule has 0 aromatic heterocycles. The summed E-state index contributed by atoms with van der Waals surface area (Å²) < 4.78 is 29.7. The van der Waals surface area contributed by atoms with Gasteiger partial charge in [-0.3, -0.25) is 4.99 Å². The quantitative estimate of drug-likeness (QED) is 0.213. The van der Waals surface area contributed by atoms with E-state index in [1.807, 2.05) is 12.1 Å². The molecule has 0 bridgehead atoms. The highest BCUT2D eigenvalue weighted by Crippen LogP contribution is 2.19. The lowest BCUT2D eigenvalue weighted by atomic mass is 10.1. The number of sulfonamides is 1. The minimum atomic E-state index is -3.12. The molecule has 9 heteroatoms. The molecule has 1 aromatic carbocycles. The monoisotopic (exact) mass is 484 g/mol. The Bertz CT molecular complexity index is 651. The molecule has 1 aromatic rings. The zero-order valence-corrected chi connectivity index (χ0v) is 18.4. The van der Waals surface area contributed by atoms with Gasteiger partial charge in [-0.1, -0.05) is 17.7 Å². The Kier molecular flexibility index (Phi) is 11.8. The van der Waals surface area contributed by atoms with E-state index >= 15 is 0 Å². The second-order valence-electron chi connectivity index (χ2n) is 5.51. The number of halogens is 1. The van der Waals surface area contributed by atoms with Gasteiger partial charge in [0.05, 0.1) is 13.4 Å². The predicted octanol–water partition coefficient (Wildman–Crippen LogP) is 1.27. The summed E-state index contributed by atoms with van der Waals surface area (Å²) >= 11 is 0. The largest absolute Gasteiger partial charge is 0.496 e. The summed E-state index contributed by atoms with van der Waals surface area (Å²) in [6.45, 7) is 3.82. The van der Waals surface area contributed by atoms with Crippen LogP contribution in [0.15, 0.2) is 23.2 Å². The number of nitrogens with zero attached hydrogens (tertiary/aromatic N) is 1. The lowest BCUT2D eigenvalue weighted by Gasteiger charge is -2.13. The molecule has 0 unspecified atom stereocenters. The summed E-state index contributed by atoms with van der Waals surface area (Å²) in [7, 11) is 0.258. The number of methoxy groups -OCH3 is 1. The van der Waals surface area contributed by atoms with E-state index in [1.54, 1.807) is 14.2 Å². The first-order chi connectivity index (χ1) is 11.4. The molecule has 0 aliphatic rings. The van der Waals surface area contributed by atoms with Crippen molar-refractivity contribution < 1.29 is 13.2 Å². The van der Waals surface area contributed by atoms with Crippen LogP contribution in [0, 0.1) is 6.92 Å². The van der Waals surface area contributed by atoms with Crippen LogP contribution in [-0.4, -0.2) is 54.4 Å². The van der Waals surface area contributed by atoms with Crippen LogP contribution >= 0.6 is 24.0 Å². The van der Waals surface area contributed by atoms with Gasteiger partial charge in [0, 0.05) is 26.7 Å². The number of rotatable bonds is 9. The fourth-order valence-corrected chi connectivity index (χ4v) is 2.71. The second kappa shape index (κ2) is 12.3. The zero-order chi connectivity index (χ0) is 18.0. The van der Waals surface area contributed by atoms with Crippen LogP contribution in [-0.2, 0) is 16.4 Å². The van der Waals surface area contributed by atoms with E-state index in [0.29, 0.717) is 25.5 Å². The molecular formula is C16H29IN4O3S. The Hall–Kier alpha value is -1.07. The summed E-state index contributed by atoms with van der Waals surface area (Å²) in [6.07, 6.45) is 2.65. The normalized spacial score (nSPS) is 11.6. The van der Waals surface area contributed by atoms with Gasteiger partial charge in [-0.15, -0.1) is 24.0 Å². The fraction of sp³-hybridized carbons (Fsp3) is 0.562. The van der Waals surface area contributed by atoms with Crippen molar-refractivity contribution in [1.29, 1.82) is 0 Å². The van der Waals surface area contributed by atoms with Gasteiger partial charge < -0.3 is 15.4 Å². The smallest absolute Gasteiger partial charge is 0.208 e. The van der Waals surface area contributed by atoms with Crippen molar-refractivity contribution in [3.63, 3.8) is 0 Å². The molecule has 0 saturated heterocycles. The molecule has 0 fully saturated rings. The van der Waals surface area contributed by atoms with Gasteiger partial charge in [0.25, 0.3) is 0 Å². The number of nitrogens with one attached hydrogen (secondary N) is 3. The molecule has 0 atom stereocenters. The topological polar surface area (TPSA) is 91.8 Å². The standard InChI is InChI=1S/C16H28N4O3S.HI/c1-13-6-7-15(23-3)14(12-13)8-11-19-16(17-2)18-9-5-10-20-24(4,21)22;/h6-7,12,20H,5,8-11H2,1-4H3,(H2,17,18,19);1H. The van der Waals surface area contributed by atoms with Crippen molar-refractivity contribution in [3.05, 3.63) is 29.3 Å². The van der Waals surface area contributed by atoms with Crippen molar-refractivity contribution in [2.24, 2.45) is 4.99 Å². The second-order valence-corrected chi connectivity index (χ2v) is 7.34. The van der Waals surface area contributed by atoms with Gasteiger partial charge in [-0.2, -0.15) is 0 Å². The van der Waals surface area contributed by atoms with Crippen LogP contribution in [0.2, 0.25) is 0 Å². The maximum Gasteiger partial charge on any atom is 0.208 e. The number of ether oxygens (including phenoxy) is 1. The molecule has 0 saturated carbocycles. The number of guanidine groups is 1. The summed E-state index contributed by atoms with van der Waals surface area (Å²) in [6, 6.07) is 6.13. The maximum atomic E-state index is 11.0. The Morgan fingerprint density at radius 3 is 2.48 bits per heavy atom. The van der Waals surface area contributed by atoms with Crippen LogP contribution < -0.4 is 20.1 Å². The van der Waals surface area contributed by atoms with Crippen LogP contribution in [0.4, 0.5) is 0 Å². The number of hydrogen-bond acceptors (Lipinski definition) is 4. The van der Waals surface area contributed by atoms with E-state index < -0.39 is 10.0 Å². The van der Waals surface area contributed by atoms with Gasteiger partial charge in [0.15, 0.2) is 5.96 Å². The molecule has 0 heterocycles. The highest BCUT2D eigenvalue weighted by molar-refractivity contribution is 14.0. The van der Waals surface area contributed by atoms with Crippen LogP contribution in [0.5, 0.6) is 5.75 Å². The Balaban J connectivity index is 0.00000576. The molecule has 25 heavy (non-hydrogen) atoms. The highest BCUT2D eigenvalue weighted by Gasteiger charge is 2.04. The summed E-state index contributed by atoms with van der Waals surface area (Å²) in [5.41, 5.74) is 2.35. The van der Waals surface area contributed by atoms with Crippen molar-refractivity contribution in [1.82, 2.24) is 15.4 Å². The number of hydrogen-bond donors (Lipinski definition) is 3. The van der Waals surface area contributed by atoms with Crippen LogP contribution in [0.3, 0.4) is 0 Å². The first-order valence-electron chi connectivity index (χ1n) is 7.88. The Labute approximate surface area is 168 Å². The minimum absolute atomic E-state index is 0. The molecule has 0 aliphatic heterocycles. The Morgan fingerprint density at radius 1 is 1.20 bits per heavy atom. The maximum absolute atomic E-state index is 11.0. The average Bonchev–Trinajstić information content (AvgIpc) is 2.52. The van der Waals surface area contributed by atoms with E-state index in [9.17, 15) is 8.42 Å². The third-order valence-corrected chi connectivity index (χ3v) is 4.09. The van der Waals surface area contributed by atoms with Crippen molar-refractivity contribution in [3.8, 4) is 5.75 Å². The lowest BCUT2D eigenvalue weighted by molar-refractivity contribution is 0.409. The summed E-state index contributed by atoms with van der Waals surface area (Å²) in [5, 5.41) is 6.40. The van der Waals surface area contributed by atoms with E-state index in [2.05, 4.69) is 33.3 Å². The van der Waals surface area contributed by atoms with E-state index in [-0.39, 0.29) is 24.0 Å². The molecule has 0 spiro atoms. The summed E-state index contributed by atoms with van der Waals surface area (Å²) in [4.78, 5) is 4.15. The van der Waals surface area contributed by atoms with Gasteiger partial charge in [-0.05, 0) is 31.4 Å². The molecular weight excluding hydrogens is 455 g/mol. The molecule has 1 rings (SSSR count). The first kappa shape index (κ1) is 23.9. The van der Waals surface area contributed by atoms with Gasteiger partial charge >= 0.3 is 0 Å². The first-order valence-corrected chi connectivity index (χ1v) is 9.77. The van der Waals surface area contributed by atoms with Crippen LogP contribution in [0.25, 0.3) is 0 Å². The predicted molar refractivity (Wildman–Crippen MR) is 114 cm³/mol. The van der Waals surface area contributed by atoms with Crippen molar-refractivity contribution >= 4 is 40.0 Å². The van der Waals surface area contributed by atoms with Gasteiger partial charge in [0.1, 0.15) is 5.75 Å². The van der Waals surface area contributed by atoms with Crippen molar-refractivity contribution in [2.75, 3.05) is 40.0 Å². The number of aliphatic imine (C=N–C) groups is 1. The highest BCUT2D eigenvalue weighted by atomic mass is 127. The minimum Gasteiger partial charge on any atom is -0.496 e. The van der Waals surface area contributed by atoms with Crippen molar-refractivity contribution in [2.45, 2.75) is 19.8 Å². The molecule has 0 amide bonds. The third kappa shape index (κ3) is 10.5. The van der Waals surface area contributed by atoms with E-state index in [4.69, 9.17) is 4.74 Å². The average molecular weight is 484 g/mol. The third-order valence-electron chi connectivity index (χ3n) is 3.36. The van der Waals surface area contributed by atoms with Crippen LogP contribution in [0.1, 0.15) is 17.5 Å². The lowest BCUT2D eigenvalue weighted by Crippen LogP contribution is -2.39. The SMILES string of the molecule is CN=C(NCCCNS(C)(=O)=O)NCCc1cc(C)ccc1OC.I. The fourth-order valence-electron chi connectivity index (χ4n) is 2.19. The zero-order valence-electron chi connectivity index (χ0n) is 15.3. The molecule has 144 valence electrons. The van der Waals surface area contributed by atoms with E-state index in [1.165, 1.54) is 5.56 Å². The van der Waals surface area contributed by atoms with E-state index in [0.717, 1.165) is 30.5 Å². The molecule has 3 N–H and O–H groups in total. The molecule has 7 nitrogen and oxygen atoms in total. The summed E-state index contributed by atoms with van der Waals surface area (Å²) in [5.74, 6) is 1.58.